The first-order valence-corrected chi connectivity index (χ1v) is 6.58. The van der Waals surface area contributed by atoms with Crippen LogP contribution in [0.4, 0.5) is 0 Å². The molecule has 0 heterocycles. The summed E-state index contributed by atoms with van der Waals surface area (Å²) in [6, 6.07) is 5.40. The molecule has 1 unspecified atom stereocenters. The monoisotopic (exact) mass is 275 g/mol. The average Bonchev–Trinajstić information content (AvgIpc) is 2.37. The lowest BCUT2D eigenvalue weighted by atomic mass is 10.0. The Morgan fingerprint density at radius 1 is 1.45 bits per heavy atom. The highest BCUT2D eigenvalue weighted by Crippen LogP contribution is 2.22. The van der Waals surface area contributed by atoms with Crippen molar-refractivity contribution in [2.45, 2.75) is 39.3 Å². The van der Waals surface area contributed by atoms with Gasteiger partial charge < -0.3 is 5.11 Å². The zero-order valence-corrected chi connectivity index (χ0v) is 12.5. The highest BCUT2D eigenvalue weighted by molar-refractivity contribution is 5.79. The second kappa shape index (κ2) is 6.44. The van der Waals surface area contributed by atoms with Crippen molar-refractivity contribution >= 4 is 6.21 Å². The normalized spacial score (nSPS) is 13.8. The molecule has 1 atom stereocenters. The van der Waals surface area contributed by atoms with E-state index >= 15 is 0 Å². The summed E-state index contributed by atoms with van der Waals surface area (Å²) in [7, 11) is 0. The fourth-order valence-corrected chi connectivity index (χ4v) is 1.59. The Kier molecular flexibility index (Phi) is 5.18. The van der Waals surface area contributed by atoms with Gasteiger partial charge in [-0.25, -0.2) is 0 Å². The van der Waals surface area contributed by atoms with Gasteiger partial charge in [0.05, 0.1) is 12.1 Å². The molecule has 3 N–H and O–H groups in total. The first-order chi connectivity index (χ1) is 9.25. The average molecular weight is 275 g/mol. The SMILES string of the molecule is C#CCNC(C)c1ccc(/C=[N+](\O)C(C)(C)C)c(O)c1. The van der Waals surface area contributed by atoms with Gasteiger partial charge in [0, 0.05) is 26.8 Å². The summed E-state index contributed by atoms with van der Waals surface area (Å²) in [4.78, 5) is 0. The maximum absolute atomic E-state index is 10.0. The summed E-state index contributed by atoms with van der Waals surface area (Å²) >= 11 is 0. The quantitative estimate of drug-likeness (QED) is 0.260. The maximum Gasteiger partial charge on any atom is 0.227 e. The molecule has 4 heteroatoms. The predicted octanol–water partition coefficient (Wildman–Crippen LogP) is 2.30. The van der Waals surface area contributed by atoms with E-state index in [1.165, 1.54) is 6.21 Å². The van der Waals surface area contributed by atoms with Gasteiger partial charge in [0.2, 0.25) is 11.8 Å². The van der Waals surface area contributed by atoms with Crippen molar-refractivity contribution in [2.24, 2.45) is 0 Å². The topological polar surface area (TPSA) is 55.5 Å². The maximum atomic E-state index is 10.0. The minimum atomic E-state index is -0.424. The molecule has 0 fully saturated rings. The van der Waals surface area contributed by atoms with Crippen LogP contribution in [0.25, 0.3) is 0 Å². The fraction of sp³-hybridized carbons (Fsp3) is 0.438. The van der Waals surface area contributed by atoms with E-state index in [0.717, 1.165) is 10.3 Å². The Hall–Kier alpha value is -1.99. The number of nitrogens with one attached hydrogen (secondary N) is 1. The van der Waals surface area contributed by atoms with Crippen molar-refractivity contribution < 1.29 is 15.1 Å². The van der Waals surface area contributed by atoms with Crippen LogP contribution >= 0.6 is 0 Å². The Labute approximate surface area is 120 Å². The summed E-state index contributed by atoms with van der Waals surface area (Å²) in [6.07, 6.45) is 6.72. The zero-order valence-electron chi connectivity index (χ0n) is 12.5. The molecule has 0 radical (unpaired) electrons. The van der Waals surface area contributed by atoms with Crippen LogP contribution in [-0.4, -0.2) is 33.4 Å². The molecule has 0 saturated carbocycles. The van der Waals surface area contributed by atoms with Gasteiger partial charge >= 0.3 is 0 Å². The molecule has 0 spiro atoms. The second-order valence-corrected chi connectivity index (χ2v) is 5.77. The third-order valence-electron chi connectivity index (χ3n) is 3.01. The Balaban J connectivity index is 2.98. The van der Waals surface area contributed by atoms with Crippen LogP contribution in [0.5, 0.6) is 5.75 Å². The second-order valence-electron chi connectivity index (χ2n) is 5.77. The molecule has 20 heavy (non-hydrogen) atoms. The van der Waals surface area contributed by atoms with E-state index in [1.54, 1.807) is 12.1 Å². The molecule has 1 aromatic carbocycles. The van der Waals surface area contributed by atoms with E-state index in [1.807, 2.05) is 33.8 Å². The fourth-order valence-electron chi connectivity index (χ4n) is 1.59. The number of hydrogen-bond acceptors (Lipinski definition) is 3. The third kappa shape index (κ3) is 4.29. The van der Waals surface area contributed by atoms with Gasteiger partial charge in [0.25, 0.3) is 0 Å². The Morgan fingerprint density at radius 3 is 2.60 bits per heavy atom. The van der Waals surface area contributed by atoms with Crippen molar-refractivity contribution in [2.75, 3.05) is 6.54 Å². The van der Waals surface area contributed by atoms with Crippen molar-refractivity contribution in [3.05, 3.63) is 29.3 Å². The first kappa shape index (κ1) is 16.1. The lowest BCUT2D eigenvalue weighted by Gasteiger charge is -2.13. The molecule has 0 bridgehead atoms. The molecular weight excluding hydrogens is 252 g/mol. The van der Waals surface area contributed by atoms with Gasteiger partial charge in [-0.15, -0.1) is 6.42 Å². The Bertz CT molecular complexity index is 536. The van der Waals surface area contributed by atoms with Gasteiger partial charge in [-0.3, -0.25) is 10.5 Å². The van der Waals surface area contributed by atoms with Crippen LogP contribution in [0.15, 0.2) is 18.2 Å². The number of phenolic OH excluding ortho intramolecular Hbond substituents is 1. The lowest BCUT2D eigenvalue weighted by molar-refractivity contribution is -0.816. The number of hydroxylamine groups is 1. The largest absolute Gasteiger partial charge is 0.507 e. The standard InChI is InChI=1S/C16H22N2O2/c1-6-9-17-12(2)13-7-8-14(15(19)10-13)11-18(20)16(3,4)5/h1,7-8,10-12,17,20H,9H2,2-5H3/p+1. The van der Waals surface area contributed by atoms with Gasteiger partial charge in [0.15, 0.2) is 0 Å². The first-order valence-electron chi connectivity index (χ1n) is 6.58. The number of aromatic hydroxyl groups is 1. The number of terminal acetylenes is 1. The number of hydrogen-bond donors (Lipinski definition) is 3. The van der Waals surface area contributed by atoms with Crippen LogP contribution in [0, 0.1) is 12.3 Å². The number of rotatable bonds is 4. The number of nitrogens with zero attached hydrogens (tertiary/aromatic N) is 1. The van der Waals surface area contributed by atoms with E-state index in [-0.39, 0.29) is 11.8 Å². The highest BCUT2D eigenvalue weighted by Gasteiger charge is 2.24. The number of benzene rings is 1. The Morgan fingerprint density at radius 2 is 2.10 bits per heavy atom. The van der Waals surface area contributed by atoms with E-state index in [9.17, 15) is 10.3 Å². The van der Waals surface area contributed by atoms with E-state index in [4.69, 9.17) is 6.42 Å². The minimum Gasteiger partial charge on any atom is -0.507 e. The van der Waals surface area contributed by atoms with Crippen LogP contribution in [-0.2, 0) is 0 Å². The molecule has 0 saturated heterocycles. The van der Waals surface area contributed by atoms with E-state index < -0.39 is 5.54 Å². The smallest absolute Gasteiger partial charge is 0.227 e. The van der Waals surface area contributed by atoms with Gasteiger partial charge in [0.1, 0.15) is 5.75 Å². The number of phenols is 1. The summed E-state index contributed by atoms with van der Waals surface area (Å²) in [5.74, 6) is 2.64. The molecule has 0 aliphatic heterocycles. The molecule has 4 nitrogen and oxygen atoms in total. The lowest BCUT2D eigenvalue weighted by Crippen LogP contribution is -2.31. The predicted molar refractivity (Wildman–Crippen MR) is 80.3 cm³/mol. The highest BCUT2D eigenvalue weighted by atomic mass is 16.5. The molecule has 0 amide bonds. The van der Waals surface area contributed by atoms with Crippen molar-refractivity contribution in [1.82, 2.24) is 5.32 Å². The van der Waals surface area contributed by atoms with Crippen molar-refractivity contribution in [1.29, 1.82) is 0 Å². The molecule has 108 valence electrons. The molecule has 1 aromatic rings. The molecule has 1 rings (SSSR count). The van der Waals surface area contributed by atoms with Gasteiger partial charge in [-0.2, -0.15) is 0 Å². The van der Waals surface area contributed by atoms with Crippen molar-refractivity contribution in [3.63, 3.8) is 0 Å². The molecular formula is C16H23N2O2+. The summed E-state index contributed by atoms with van der Waals surface area (Å²) in [6.45, 7) is 8.08. The summed E-state index contributed by atoms with van der Waals surface area (Å²) in [5.41, 5.74) is 1.08. The van der Waals surface area contributed by atoms with E-state index in [2.05, 4.69) is 11.2 Å². The van der Waals surface area contributed by atoms with Gasteiger partial charge in [-0.1, -0.05) is 12.0 Å². The van der Waals surface area contributed by atoms with Crippen LogP contribution in [0.1, 0.15) is 44.9 Å². The zero-order chi connectivity index (χ0) is 15.3. The summed E-state index contributed by atoms with van der Waals surface area (Å²) < 4.78 is 1.09. The van der Waals surface area contributed by atoms with Crippen molar-refractivity contribution in [3.8, 4) is 18.1 Å². The summed E-state index contributed by atoms with van der Waals surface area (Å²) in [5, 5.41) is 23.1. The van der Waals surface area contributed by atoms with Crippen LogP contribution < -0.4 is 5.32 Å². The molecule has 0 aromatic heterocycles. The molecule has 0 aliphatic rings. The van der Waals surface area contributed by atoms with E-state index in [0.29, 0.717) is 12.1 Å². The van der Waals surface area contributed by atoms with Crippen LogP contribution in [0.3, 0.4) is 0 Å². The minimum absolute atomic E-state index is 0.0545. The third-order valence-corrected chi connectivity index (χ3v) is 3.01. The van der Waals surface area contributed by atoms with Gasteiger partial charge in [-0.05, 0) is 29.4 Å². The van der Waals surface area contributed by atoms with Crippen LogP contribution in [0.2, 0.25) is 0 Å². The molecule has 0 aliphatic carbocycles.